The van der Waals surface area contributed by atoms with E-state index in [9.17, 15) is 8.78 Å². The minimum atomic E-state index is -0.249. The predicted molar refractivity (Wildman–Crippen MR) is 85.5 cm³/mol. The lowest BCUT2D eigenvalue weighted by atomic mass is 9.90. The number of halogens is 2. The van der Waals surface area contributed by atoms with Gasteiger partial charge >= 0.3 is 0 Å². The van der Waals surface area contributed by atoms with E-state index >= 15 is 0 Å². The molecular weight excluding hydrogens is 280 g/mol. The molecule has 114 valence electrons. The molecule has 0 spiro atoms. The Morgan fingerprint density at radius 2 is 1.45 bits per heavy atom. The molecule has 1 unspecified atom stereocenters. The number of piperidine rings is 1. The summed E-state index contributed by atoms with van der Waals surface area (Å²) in [6, 6.07) is 13.0. The fourth-order valence-electron chi connectivity index (χ4n) is 2.87. The third kappa shape index (κ3) is 3.60. The first-order chi connectivity index (χ1) is 10.7. The summed E-state index contributed by atoms with van der Waals surface area (Å²) in [4.78, 5) is 0. The van der Waals surface area contributed by atoms with Crippen LogP contribution in [0.1, 0.15) is 24.0 Å². The molecule has 22 heavy (non-hydrogen) atoms. The number of hydrogen-bond donors (Lipinski definition) is 1. The molecule has 0 amide bonds. The monoisotopic (exact) mass is 299 g/mol. The SMILES string of the molecule is Fc1ccc(C(=CC2CCCNC2)c2ccc(F)cc2)cc1. The molecular formula is C19H19F2N. The lowest BCUT2D eigenvalue weighted by molar-refractivity contribution is 0.439. The van der Waals surface area contributed by atoms with Gasteiger partial charge in [-0.1, -0.05) is 30.3 Å². The van der Waals surface area contributed by atoms with E-state index in [2.05, 4.69) is 11.4 Å². The highest BCUT2D eigenvalue weighted by Crippen LogP contribution is 2.27. The van der Waals surface area contributed by atoms with Gasteiger partial charge in [0, 0.05) is 6.54 Å². The molecule has 3 heteroatoms. The summed E-state index contributed by atoms with van der Waals surface area (Å²) in [7, 11) is 0. The van der Waals surface area contributed by atoms with Gasteiger partial charge in [0.05, 0.1) is 0 Å². The second-order valence-corrected chi connectivity index (χ2v) is 5.70. The quantitative estimate of drug-likeness (QED) is 0.886. The van der Waals surface area contributed by atoms with Gasteiger partial charge in [0.15, 0.2) is 0 Å². The van der Waals surface area contributed by atoms with Crippen molar-refractivity contribution >= 4 is 5.57 Å². The molecule has 0 aliphatic carbocycles. The lowest BCUT2D eigenvalue weighted by Gasteiger charge is -2.21. The third-order valence-electron chi connectivity index (χ3n) is 4.05. The first-order valence-corrected chi connectivity index (χ1v) is 7.67. The zero-order chi connectivity index (χ0) is 15.4. The smallest absolute Gasteiger partial charge is 0.123 e. The summed E-state index contributed by atoms with van der Waals surface area (Å²) in [5, 5.41) is 3.40. The first kappa shape index (κ1) is 14.9. The highest BCUT2D eigenvalue weighted by atomic mass is 19.1. The van der Waals surface area contributed by atoms with Crippen molar-refractivity contribution in [1.29, 1.82) is 0 Å². The van der Waals surface area contributed by atoms with Gasteiger partial charge in [0.25, 0.3) is 0 Å². The Morgan fingerprint density at radius 3 is 1.91 bits per heavy atom. The van der Waals surface area contributed by atoms with Crippen LogP contribution < -0.4 is 5.32 Å². The molecule has 1 atom stereocenters. The maximum Gasteiger partial charge on any atom is 0.123 e. The largest absolute Gasteiger partial charge is 0.316 e. The van der Waals surface area contributed by atoms with Crippen molar-refractivity contribution in [2.24, 2.45) is 5.92 Å². The van der Waals surface area contributed by atoms with Gasteiger partial charge in [-0.15, -0.1) is 0 Å². The number of hydrogen-bond acceptors (Lipinski definition) is 1. The summed E-state index contributed by atoms with van der Waals surface area (Å²) >= 11 is 0. The molecule has 1 aliphatic heterocycles. The fraction of sp³-hybridized carbons (Fsp3) is 0.263. The first-order valence-electron chi connectivity index (χ1n) is 7.67. The van der Waals surface area contributed by atoms with Gasteiger partial charge in [0.1, 0.15) is 11.6 Å². The second kappa shape index (κ2) is 6.84. The molecule has 1 aliphatic rings. The molecule has 1 N–H and O–H groups in total. The molecule has 1 fully saturated rings. The van der Waals surface area contributed by atoms with Crippen molar-refractivity contribution in [3.05, 3.63) is 77.4 Å². The Kier molecular flexibility index (Phi) is 4.64. The fourth-order valence-corrected chi connectivity index (χ4v) is 2.87. The van der Waals surface area contributed by atoms with E-state index in [1.54, 1.807) is 24.3 Å². The molecule has 0 bridgehead atoms. The van der Waals surface area contributed by atoms with Crippen molar-refractivity contribution in [2.75, 3.05) is 13.1 Å². The van der Waals surface area contributed by atoms with Crippen LogP contribution in [0.4, 0.5) is 8.78 Å². The second-order valence-electron chi connectivity index (χ2n) is 5.70. The van der Waals surface area contributed by atoms with Gasteiger partial charge in [-0.25, -0.2) is 8.78 Å². The third-order valence-corrected chi connectivity index (χ3v) is 4.05. The van der Waals surface area contributed by atoms with Crippen LogP contribution in [0, 0.1) is 17.6 Å². The van der Waals surface area contributed by atoms with Crippen LogP contribution in [0.2, 0.25) is 0 Å². The Morgan fingerprint density at radius 1 is 0.909 bits per heavy atom. The maximum atomic E-state index is 13.2. The van der Waals surface area contributed by atoms with Crippen LogP contribution in [0.15, 0.2) is 54.6 Å². The minimum Gasteiger partial charge on any atom is -0.316 e. The van der Waals surface area contributed by atoms with Crippen LogP contribution in [0.25, 0.3) is 5.57 Å². The van der Waals surface area contributed by atoms with Crippen molar-refractivity contribution in [3.8, 4) is 0 Å². The van der Waals surface area contributed by atoms with Gasteiger partial charge in [-0.3, -0.25) is 0 Å². The zero-order valence-corrected chi connectivity index (χ0v) is 12.4. The van der Waals surface area contributed by atoms with Crippen LogP contribution in [-0.2, 0) is 0 Å². The van der Waals surface area contributed by atoms with E-state index in [1.807, 2.05) is 0 Å². The van der Waals surface area contributed by atoms with Crippen molar-refractivity contribution in [2.45, 2.75) is 12.8 Å². The summed E-state index contributed by atoms with van der Waals surface area (Å²) in [5.74, 6) is -0.0538. The summed E-state index contributed by atoms with van der Waals surface area (Å²) < 4.78 is 26.4. The van der Waals surface area contributed by atoms with E-state index in [0.29, 0.717) is 5.92 Å². The molecule has 1 saturated heterocycles. The van der Waals surface area contributed by atoms with E-state index in [1.165, 1.54) is 24.3 Å². The van der Waals surface area contributed by atoms with E-state index in [0.717, 1.165) is 42.6 Å². The highest BCUT2D eigenvalue weighted by Gasteiger charge is 2.14. The van der Waals surface area contributed by atoms with Crippen molar-refractivity contribution in [1.82, 2.24) is 5.32 Å². The van der Waals surface area contributed by atoms with Gasteiger partial charge < -0.3 is 5.32 Å². The molecule has 1 heterocycles. The topological polar surface area (TPSA) is 12.0 Å². The van der Waals surface area contributed by atoms with Gasteiger partial charge in [-0.05, 0) is 66.3 Å². The van der Waals surface area contributed by atoms with E-state index < -0.39 is 0 Å². The van der Waals surface area contributed by atoms with Gasteiger partial charge in [-0.2, -0.15) is 0 Å². The lowest BCUT2D eigenvalue weighted by Crippen LogP contribution is -2.28. The molecule has 0 saturated carbocycles. The highest BCUT2D eigenvalue weighted by molar-refractivity contribution is 5.79. The number of benzene rings is 2. The Labute approximate surface area is 129 Å². The Balaban J connectivity index is 1.99. The Hall–Kier alpha value is -2.00. The summed E-state index contributed by atoms with van der Waals surface area (Å²) in [6.07, 6.45) is 4.52. The van der Waals surface area contributed by atoms with Gasteiger partial charge in [0.2, 0.25) is 0 Å². The van der Waals surface area contributed by atoms with Crippen LogP contribution in [0.3, 0.4) is 0 Å². The maximum absolute atomic E-state index is 13.2. The molecule has 3 rings (SSSR count). The van der Waals surface area contributed by atoms with Crippen molar-refractivity contribution in [3.63, 3.8) is 0 Å². The molecule has 2 aromatic rings. The van der Waals surface area contributed by atoms with Crippen LogP contribution in [-0.4, -0.2) is 13.1 Å². The number of rotatable bonds is 3. The molecule has 0 aromatic heterocycles. The van der Waals surface area contributed by atoms with Crippen molar-refractivity contribution < 1.29 is 8.78 Å². The molecule has 1 nitrogen and oxygen atoms in total. The van der Waals surface area contributed by atoms with E-state index in [-0.39, 0.29) is 11.6 Å². The summed E-state index contributed by atoms with van der Waals surface area (Å²) in [5.41, 5.74) is 2.95. The standard InChI is InChI=1S/C19H19F2N/c20-17-7-3-15(4-8-17)19(12-14-2-1-11-22-13-14)16-5-9-18(21)10-6-16/h3-10,12,14,22H,1-2,11,13H2. The molecule has 0 radical (unpaired) electrons. The predicted octanol–water partition coefficient (Wildman–Crippen LogP) is 4.40. The Bertz CT molecular complexity index is 591. The summed E-state index contributed by atoms with van der Waals surface area (Å²) in [6.45, 7) is 2.01. The average Bonchev–Trinajstić information content (AvgIpc) is 2.56. The molecule has 2 aromatic carbocycles. The van der Waals surface area contributed by atoms with E-state index in [4.69, 9.17) is 0 Å². The van der Waals surface area contributed by atoms with Crippen LogP contribution in [0.5, 0.6) is 0 Å². The minimum absolute atomic E-state index is 0.249. The van der Waals surface area contributed by atoms with Crippen LogP contribution >= 0.6 is 0 Å². The zero-order valence-electron chi connectivity index (χ0n) is 12.4. The normalized spacial score (nSPS) is 18.0. The number of nitrogens with one attached hydrogen (secondary N) is 1. The average molecular weight is 299 g/mol.